The smallest absolute Gasteiger partial charge is 0.223 e. The molecular formula is C19H20Cl2F2N2O. The van der Waals surface area contributed by atoms with Crippen LogP contribution in [0.3, 0.4) is 0 Å². The average molecular weight is 401 g/mol. The molecule has 0 aliphatic carbocycles. The van der Waals surface area contributed by atoms with Crippen LogP contribution in [0.5, 0.6) is 0 Å². The number of hydrogen-bond donors (Lipinski definition) is 1. The van der Waals surface area contributed by atoms with Gasteiger partial charge in [-0.3, -0.25) is 4.79 Å². The molecule has 26 heavy (non-hydrogen) atoms. The Hall–Kier alpha value is -1.69. The lowest BCUT2D eigenvalue weighted by molar-refractivity contribution is -0.134. The molecule has 0 spiro atoms. The zero-order valence-corrected chi connectivity index (χ0v) is 15.6. The summed E-state index contributed by atoms with van der Waals surface area (Å²) in [4.78, 5) is 14.5. The van der Waals surface area contributed by atoms with Crippen LogP contribution in [0.4, 0.5) is 8.78 Å². The summed E-state index contributed by atoms with van der Waals surface area (Å²) in [6, 6.07) is 10.6. The molecule has 1 unspecified atom stereocenters. The fourth-order valence-electron chi connectivity index (χ4n) is 3.15. The number of aryl methyl sites for hydroxylation is 1. The van der Waals surface area contributed by atoms with E-state index in [9.17, 15) is 13.6 Å². The molecule has 0 aromatic heterocycles. The summed E-state index contributed by atoms with van der Waals surface area (Å²) in [6.07, 6.45) is 0.295. The lowest BCUT2D eigenvalue weighted by Gasteiger charge is -2.37. The summed E-state index contributed by atoms with van der Waals surface area (Å²) >= 11 is 6.28. The number of amides is 1. The van der Waals surface area contributed by atoms with Gasteiger partial charge in [-0.1, -0.05) is 29.8 Å². The molecule has 140 valence electrons. The molecule has 1 saturated heterocycles. The molecule has 1 atom stereocenters. The number of hydrogen-bond acceptors (Lipinski definition) is 2. The number of carbonyl (C=O) groups is 1. The third kappa shape index (κ3) is 4.72. The van der Waals surface area contributed by atoms with Crippen molar-refractivity contribution in [1.29, 1.82) is 0 Å². The molecule has 1 N–H and O–H groups in total. The van der Waals surface area contributed by atoms with Crippen molar-refractivity contribution < 1.29 is 13.6 Å². The minimum atomic E-state index is -0.500. The first kappa shape index (κ1) is 20.6. The summed E-state index contributed by atoms with van der Waals surface area (Å²) in [6.45, 7) is 1.87. The van der Waals surface area contributed by atoms with Gasteiger partial charge < -0.3 is 10.2 Å². The number of benzene rings is 2. The maximum Gasteiger partial charge on any atom is 0.223 e. The standard InChI is InChI=1S/C19H19ClF2N2O.ClH/c20-16-4-2-1-3-15(16)18-12-23-9-10-24(18)19(25)8-5-13-11-14(21)6-7-17(13)22;/h1-4,6-7,11,18,23H,5,8-10,12H2;1H. The Labute approximate surface area is 162 Å². The molecule has 1 fully saturated rings. The fourth-order valence-corrected chi connectivity index (χ4v) is 3.41. The van der Waals surface area contributed by atoms with E-state index in [-0.39, 0.29) is 42.8 Å². The largest absolute Gasteiger partial charge is 0.333 e. The minimum Gasteiger partial charge on any atom is -0.333 e. The van der Waals surface area contributed by atoms with Crippen LogP contribution >= 0.6 is 24.0 Å². The Kier molecular flexibility index (Phi) is 7.38. The van der Waals surface area contributed by atoms with Gasteiger partial charge in [-0.05, 0) is 41.8 Å². The summed E-state index contributed by atoms with van der Waals surface area (Å²) in [7, 11) is 0. The third-order valence-corrected chi connectivity index (χ3v) is 4.79. The molecule has 2 aromatic rings. The molecule has 1 heterocycles. The second kappa shape index (κ2) is 9.31. The van der Waals surface area contributed by atoms with Gasteiger partial charge in [0.05, 0.1) is 6.04 Å². The van der Waals surface area contributed by atoms with Crippen LogP contribution in [0.2, 0.25) is 5.02 Å². The van der Waals surface area contributed by atoms with E-state index < -0.39 is 11.6 Å². The van der Waals surface area contributed by atoms with Gasteiger partial charge in [-0.2, -0.15) is 0 Å². The van der Waals surface area contributed by atoms with E-state index >= 15 is 0 Å². The summed E-state index contributed by atoms with van der Waals surface area (Å²) in [5.74, 6) is -1.08. The van der Waals surface area contributed by atoms with E-state index in [1.165, 1.54) is 0 Å². The number of carbonyl (C=O) groups excluding carboxylic acids is 1. The lowest BCUT2D eigenvalue weighted by Crippen LogP contribution is -2.48. The Morgan fingerprint density at radius 2 is 2.00 bits per heavy atom. The number of rotatable bonds is 4. The van der Waals surface area contributed by atoms with Gasteiger partial charge in [-0.25, -0.2) is 8.78 Å². The van der Waals surface area contributed by atoms with Gasteiger partial charge >= 0.3 is 0 Å². The molecular weight excluding hydrogens is 381 g/mol. The van der Waals surface area contributed by atoms with Gasteiger partial charge in [-0.15, -0.1) is 12.4 Å². The maximum absolute atomic E-state index is 13.7. The zero-order chi connectivity index (χ0) is 17.8. The van der Waals surface area contributed by atoms with E-state index in [1.807, 2.05) is 18.2 Å². The van der Waals surface area contributed by atoms with Crippen LogP contribution in [-0.4, -0.2) is 30.4 Å². The highest BCUT2D eigenvalue weighted by Crippen LogP contribution is 2.29. The topological polar surface area (TPSA) is 32.3 Å². The monoisotopic (exact) mass is 400 g/mol. The van der Waals surface area contributed by atoms with E-state index in [0.717, 1.165) is 23.8 Å². The lowest BCUT2D eigenvalue weighted by atomic mass is 10.0. The first-order valence-electron chi connectivity index (χ1n) is 8.25. The highest BCUT2D eigenvalue weighted by Gasteiger charge is 2.28. The maximum atomic E-state index is 13.7. The van der Waals surface area contributed by atoms with Crippen molar-refractivity contribution in [3.05, 3.63) is 70.2 Å². The average Bonchev–Trinajstić information content (AvgIpc) is 2.62. The molecule has 3 nitrogen and oxygen atoms in total. The number of piperazine rings is 1. The van der Waals surface area contributed by atoms with Gasteiger partial charge in [0.25, 0.3) is 0 Å². The highest BCUT2D eigenvalue weighted by atomic mass is 35.5. The molecule has 1 aliphatic heterocycles. The molecule has 2 aromatic carbocycles. The van der Waals surface area contributed by atoms with Crippen LogP contribution in [0.15, 0.2) is 42.5 Å². The molecule has 0 bridgehead atoms. The van der Waals surface area contributed by atoms with Crippen molar-refractivity contribution >= 4 is 29.9 Å². The van der Waals surface area contributed by atoms with Crippen molar-refractivity contribution in [3.8, 4) is 0 Å². The molecule has 1 amide bonds. The normalized spacial score (nSPS) is 16.9. The number of nitrogens with one attached hydrogen (secondary N) is 1. The SMILES string of the molecule is Cl.O=C(CCc1cc(F)ccc1F)N1CCNCC1c1ccccc1Cl. The van der Waals surface area contributed by atoms with Gasteiger partial charge in [0.1, 0.15) is 11.6 Å². The Bertz CT molecular complexity index is 773. The van der Waals surface area contributed by atoms with Crippen molar-refractivity contribution in [3.63, 3.8) is 0 Å². The van der Waals surface area contributed by atoms with E-state index in [2.05, 4.69) is 5.32 Å². The van der Waals surface area contributed by atoms with Crippen molar-refractivity contribution in [2.24, 2.45) is 0 Å². The summed E-state index contributed by atoms with van der Waals surface area (Å²) < 4.78 is 27.0. The molecule has 0 saturated carbocycles. The first-order valence-corrected chi connectivity index (χ1v) is 8.62. The highest BCUT2D eigenvalue weighted by molar-refractivity contribution is 6.31. The summed E-state index contributed by atoms with van der Waals surface area (Å²) in [5.41, 5.74) is 1.11. The van der Waals surface area contributed by atoms with Crippen molar-refractivity contribution in [1.82, 2.24) is 10.2 Å². The second-order valence-electron chi connectivity index (χ2n) is 6.06. The van der Waals surface area contributed by atoms with Crippen LogP contribution in [-0.2, 0) is 11.2 Å². The Morgan fingerprint density at radius 1 is 1.23 bits per heavy atom. The van der Waals surface area contributed by atoms with Crippen molar-refractivity contribution in [2.75, 3.05) is 19.6 Å². The zero-order valence-electron chi connectivity index (χ0n) is 14.1. The Balaban J connectivity index is 0.00000243. The first-order chi connectivity index (χ1) is 12.1. The van der Waals surface area contributed by atoms with E-state index in [0.29, 0.717) is 24.7 Å². The minimum absolute atomic E-state index is 0. The van der Waals surface area contributed by atoms with E-state index in [1.54, 1.807) is 11.0 Å². The predicted molar refractivity (Wildman–Crippen MR) is 101 cm³/mol. The van der Waals surface area contributed by atoms with Crippen molar-refractivity contribution in [2.45, 2.75) is 18.9 Å². The summed E-state index contributed by atoms with van der Waals surface area (Å²) in [5, 5.41) is 3.89. The number of nitrogens with zero attached hydrogens (tertiary/aromatic N) is 1. The molecule has 3 rings (SSSR count). The third-order valence-electron chi connectivity index (χ3n) is 4.44. The van der Waals surface area contributed by atoms with E-state index in [4.69, 9.17) is 11.6 Å². The second-order valence-corrected chi connectivity index (χ2v) is 6.47. The van der Waals surface area contributed by atoms with Gasteiger partial charge in [0, 0.05) is 31.1 Å². The number of halogens is 4. The molecule has 1 aliphatic rings. The fraction of sp³-hybridized carbons (Fsp3) is 0.316. The molecule has 7 heteroatoms. The Morgan fingerprint density at radius 3 is 2.77 bits per heavy atom. The van der Waals surface area contributed by atoms with Crippen LogP contribution in [0.1, 0.15) is 23.6 Å². The quantitative estimate of drug-likeness (QED) is 0.835. The van der Waals surface area contributed by atoms with Crippen LogP contribution < -0.4 is 5.32 Å². The van der Waals surface area contributed by atoms with Crippen LogP contribution in [0.25, 0.3) is 0 Å². The van der Waals surface area contributed by atoms with Gasteiger partial charge in [0.15, 0.2) is 0 Å². The predicted octanol–water partition coefficient (Wildman–Crippen LogP) is 4.15. The molecule has 0 radical (unpaired) electrons. The van der Waals surface area contributed by atoms with Crippen LogP contribution in [0, 0.1) is 11.6 Å². The van der Waals surface area contributed by atoms with Gasteiger partial charge in [0.2, 0.25) is 5.91 Å².